The molecule has 0 atom stereocenters. The Balaban J connectivity index is 1.78. The highest BCUT2D eigenvalue weighted by Gasteiger charge is 2.13. The second kappa shape index (κ2) is 8.31. The molecule has 1 aromatic carbocycles. The van der Waals surface area contributed by atoms with E-state index in [0.29, 0.717) is 24.7 Å². The molecule has 138 valence electrons. The summed E-state index contributed by atoms with van der Waals surface area (Å²) >= 11 is 0. The largest absolute Gasteiger partial charge is 0.478 e. The number of nitrogens with zero attached hydrogens (tertiary/aromatic N) is 2. The van der Waals surface area contributed by atoms with E-state index in [-0.39, 0.29) is 11.1 Å². The third-order valence-electron chi connectivity index (χ3n) is 3.99. The smallest absolute Gasteiger partial charge is 0.263 e. The van der Waals surface area contributed by atoms with Crippen LogP contribution in [0.3, 0.4) is 0 Å². The van der Waals surface area contributed by atoms with Crippen molar-refractivity contribution in [3.05, 3.63) is 88.0 Å². The van der Waals surface area contributed by atoms with Gasteiger partial charge >= 0.3 is 0 Å². The molecular formula is C21H21N3O3. The van der Waals surface area contributed by atoms with Crippen LogP contribution >= 0.6 is 0 Å². The minimum atomic E-state index is -0.468. The Kier molecular flexibility index (Phi) is 5.66. The summed E-state index contributed by atoms with van der Waals surface area (Å²) in [6, 6.07) is 14.5. The van der Waals surface area contributed by atoms with Crippen LogP contribution in [-0.2, 0) is 6.54 Å². The van der Waals surface area contributed by atoms with Gasteiger partial charge in [-0.1, -0.05) is 29.8 Å². The minimum Gasteiger partial charge on any atom is -0.478 e. The topological polar surface area (TPSA) is 73.2 Å². The Morgan fingerprint density at radius 3 is 2.74 bits per heavy atom. The van der Waals surface area contributed by atoms with Gasteiger partial charge in [-0.3, -0.25) is 9.59 Å². The number of amides is 1. The predicted molar refractivity (Wildman–Crippen MR) is 104 cm³/mol. The van der Waals surface area contributed by atoms with Crippen LogP contribution in [0.25, 0.3) is 0 Å². The lowest BCUT2D eigenvalue weighted by molar-refractivity contribution is 0.102. The molecule has 0 spiro atoms. The lowest BCUT2D eigenvalue weighted by Crippen LogP contribution is -2.29. The Hall–Kier alpha value is -3.41. The van der Waals surface area contributed by atoms with Crippen LogP contribution in [0, 0.1) is 6.92 Å². The molecule has 0 aliphatic carbocycles. The molecule has 0 radical (unpaired) electrons. The molecule has 3 rings (SSSR count). The molecule has 0 aliphatic heterocycles. The van der Waals surface area contributed by atoms with Gasteiger partial charge in [0.25, 0.3) is 11.5 Å². The number of hydrogen-bond acceptors (Lipinski definition) is 4. The highest BCUT2D eigenvalue weighted by molar-refractivity contribution is 6.03. The first-order chi connectivity index (χ1) is 13.1. The maximum absolute atomic E-state index is 12.7. The van der Waals surface area contributed by atoms with Crippen molar-refractivity contribution in [3.63, 3.8) is 0 Å². The Morgan fingerprint density at radius 1 is 1.19 bits per heavy atom. The number of nitrogens with one attached hydrogen (secondary N) is 1. The molecule has 2 heterocycles. The molecule has 0 aliphatic rings. The SMILES string of the molecule is CCOc1ccc(NC(=O)c2cccn(Cc3cccc(C)c3)c2=O)cn1. The predicted octanol–water partition coefficient (Wildman–Crippen LogP) is 3.25. The molecule has 2 aromatic heterocycles. The number of pyridine rings is 2. The second-order valence-electron chi connectivity index (χ2n) is 6.12. The first-order valence-electron chi connectivity index (χ1n) is 8.72. The number of carbonyl (C=O) groups is 1. The summed E-state index contributed by atoms with van der Waals surface area (Å²) < 4.78 is 6.80. The Morgan fingerprint density at radius 2 is 2.04 bits per heavy atom. The van der Waals surface area contributed by atoms with Crippen LogP contribution in [0.2, 0.25) is 0 Å². The fourth-order valence-corrected chi connectivity index (χ4v) is 2.73. The number of benzene rings is 1. The van der Waals surface area contributed by atoms with Crippen LogP contribution in [-0.4, -0.2) is 22.1 Å². The lowest BCUT2D eigenvalue weighted by atomic mass is 10.1. The van der Waals surface area contributed by atoms with Crippen LogP contribution < -0.4 is 15.6 Å². The Labute approximate surface area is 157 Å². The monoisotopic (exact) mass is 363 g/mol. The van der Waals surface area contributed by atoms with Gasteiger partial charge in [0.05, 0.1) is 25.0 Å². The summed E-state index contributed by atoms with van der Waals surface area (Å²) in [5, 5.41) is 2.70. The highest BCUT2D eigenvalue weighted by atomic mass is 16.5. The van der Waals surface area contributed by atoms with Crippen LogP contribution in [0.1, 0.15) is 28.4 Å². The Bertz CT molecular complexity index is 994. The van der Waals surface area contributed by atoms with Crippen molar-refractivity contribution in [2.24, 2.45) is 0 Å². The molecule has 0 saturated heterocycles. The zero-order valence-electron chi connectivity index (χ0n) is 15.3. The summed E-state index contributed by atoms with van der Waals surface area (Å²) in [7, 11) is 0. The van der Waals surface area contributed by atoms with Gasteiger partial charge in [0, 0.05) is 12.3 Å². The van der Waals surface area contributed by atoms with Crippen LogP contribution in [0.5, 0.6) is 5.88 Å². The summed E-state index contributed by atoms with van der Waals surface area (Å²) in [4.78, 5) is 29.3. The van der Waals surface area contributed by atoms with Crippen molar-refractivity contribution < 1.29 is 9.53 Å². The van der Waals surface area contributed by atoms with Crippen molar-refractivity contribution in [2.45, 2.75) is 20.4 Å². The highest BCUT2D eigenvalue weighted by Crippen LogP contribution is 2.12. The average molecular weight is 363 g/mol. The third kappa shape index (κ3) is 4.61. The van der Waals surface area contributed by atoms with E-state index in [1.165, 1.54) is 16.8 Å². The number of ether oxygens (including phenoxy) is 1. The van der Waals surface area contributed by atoms with Gasteiger partial charge in [-0.15, -0.1) is 0 Å². The zero-order chi connectivity index (χ0) is 19.2. The molecule has 0 saturated carbocycles. The van der Waals surface area contributed by atoms with Crippen molar-refractivity contribution >= 4 is 11.6 Å². The number of carbonyl (C=O) groups excluding carboxylic acids is 1. The summed E-state index contributed by atoms with van der Waals surface area (Å²) in [6.07, 6.45) is 3.18. The molecule has 0 fully saturated rings. The van der Waals surface area contributed by atoms with E-state index in [1.54, 1.807) is 24.4 Å². The van der Waals surface area contributed by atoms with E-state index < -0.39 is 5.91 Å². The van der Waals surface area contributed by atoms with E-state index in [1.807, 2.05) is 38.1 Å². The molecular weight excluding hydrogens is 342 g/mol. The quantitative estimate of drug-likeness (QED) is 0.730. The van der Waals surface area contributed by atoms with Crippen LogP contribution in [0.15, 0.2) is 65.7 Å². The molecule has 3 aromatic rings. The van der Waals surface area contributed by atoms with Gasteiger partial charge in [-0.25, -0.2) is 4.98 Å². The fraction of sp³-hybridized carbons (Fsp3) is 0.190. The number of aromatic nitrogens is 2. The third-order valence-corrected chi connectivity index (χ3v) is 3.99. The van der Waals surface area contributed by atoms with E-state index in [2.05, 4.69) is 10.3 Å². The van der Waals surface area contributed by atoms with E-state index in [9.17, 15) is 9.59 Å². The molecule has 6 heteroatoms. The lowest BCUT2D eigenvalue weighted by Gasteiger charge is -2.10. The zero-order valence-corrected chi connectivity index (χ0v) is 15.3. The van der Waals surface area contributed by atoms with Gasteiger partial charge in [0.15, 0.2) is 0 Å². The van der Waals surface area contributed by atoms with Gasteiger partial charge in [0.2, 0.25) is 5.88 Å². The molecule has 1 amide bonds. The summed E-state index contributed by atoms with van der Waals surface area (Å²) in [5.41, 5.74) is 2.37. The minimum absolute atomic E-state index is 0.0824. The first kappa shape index (κ1) is 18.4. The molecule has 6 nitrogen and oxygen atoms in total. The van der Waals surface area contributed by atoms with Gasteiger partial charge < -0.3 is 14.6 Å². The van der Waals surface area contributed by atoms with Gasteiger partial charge in [-0.2, -0.15) is 0 Å². The number of aryl methyl sites for hydroxylation is 1. The second-order valence-corrected chi connectivity index (χ2v) is 6.12. The molecule has 0 unspecified atom stereocenters. The van der Waals surface area contributed by atoms with Crippen molar-refractivity contribution in [3.8, 4) is 5.88 Å². The molecule has 1 N–H and O–H groups in total. The molecule has 0 bridgehead atoms. The standard InChI is InChI=1S/C21H21N3O3/c1-3-27-19-10-9-17(13-22-19)23-20(25)18-8-5-11-24(21(18)26)14-16-7-4-6-15(2)12-16/h4-13H,3,14H2,1-2H3,(H,23,25). The summed E-state index contributed by atoms with van der Waals surface area (Å²) in [5.74, 6) is 0.0141. The average Bonchev–Trinajstić information content (AvgIpc) is 2.65. The number of hydrogen-bond donors (Lipinski definition) is 1. The maximum Gasteiger partial charge on any atom is 0.263 e. The van der Waals surface area contributed by atoms with Gasteiger partial charge in [-0.05, 0) is 37.6 Å². The number of anilines is 1. The van der Waals surface area contributed by atoms with E-state index in [0.717, 1.165) is 11.1 Å². The van der Waals surface area contributed by atoms with Crippen molar-refractivity contribution in [1.82, 2.24) is 9.55 Å². The van der Waals surface area contributed by atoms with E-state index in [4.69, 9.17) is 4.74 Å². The first-order valence-corrected chi connectivity index (χ1v) is 8.72. The normalized spacial score (nSPS) is 10.4. The summed E-state index contributed by atoms with van der Waals surface area (Å²) in [6.45, 7) is 4.80. The van der Waals surface area contributed by atoms with Crippen molar-refractivity contribution in [1.29, 1.82) is 0 Å². The van der Waals surface area contributed by atoms with Crippen molar-refractivity contribution in [2.75, 3.05) is 11.9 Å². The fourth-order valence-electron chi connectivity index (χ4n) is 2.73. The number of rotatable bonds is 6. The molecule has 27 heavy (non-hydrogen) atoms. The van der Waals surface area contributed by atoms with E-state index >= 15 is 0 Å². The maximum atomic E-state index is 12.7. The van der Waals surface area contributed by atoms with Gasteiger partial charge in [0.1, 0.15) is 5.56 Å². The van der Waals surface area contributed by atoms with Crippen LogP contribution in [0.4, 0.5) is 5.69 Å².